The summed E-state index contributed by atoms with van der Waals surface area (Å²) < 4.78 is 0. The summed E-state index contributed by atoms with van der Waals surface area (Å²) in [5.41, 5.74) is 0.350. The second kappa shape index (κ2) is 6.82. The third kappa shape index (κ3) is 4.77. The third-order valence-corrected chi connectivity index (χ3v) is 2.45. The molecule has 0 spiro atoms. The quantitative estimate of drug-likeness (QED) is 0.539. The molecule has 0 atom stereocenters. The highest BCUT2D eigenvalue weighted by atomic mass is 16.4. The van der Waals surface area contributed by atoms with Crippen molar-refractivity contribution in [2.45, 2.75) is 33.6 Å². The Morgan fingerprint density at radius 2 is 1.69 bits per heavy atom. The first-order valence-electron chi connectivity index (χ1n) is 5.29. The number of carboxylic acid groups (broad SMARTS) is 2. The smallest absolute Gasteiger partial charge is 0.335 e. The SMILES string of the molecule is CCC(C=C(C(=O)O)C(C)=CC(=O)O)CC. The van der Waals surface area contributed by atoms with E-state index >= 15 is 0 Å². The second-order valence-electron chi connectivity index (χ2n) is 3.63. The predicted molar refractivity (Wildman–Crippen MR) is 61.2 cm³/mol. The summed E-state index contributed by atoms with van der Waals surface area (Å²) in [4.78, 5) is 21.5. The summed E-state index contributed by atoms with van der Waals surface area (Å²) in [6, 6.07) is 0. The van der Waals surface area contributed by atoms with E-state index in [1.54, 1.807) is 6.08 Å². The summed E-state index contributed by atoms with van der Waals surface area (Å²) >= 11 is 0. The van der Waals surface area contributed by atoms with E-state index in [4.69, 9.17) is 10.2 Å². The molecular weight excluding hydrogens is 208 g/mol. The number of allylic oxidation sites excluding steroid dienone is 1. The van der Waals surface area contributed by atoms with Gasteiger partial charge in [0.05, 0.1) is 5.57 Å². The molecule has 0 aromatic rings. The zero-order valence-electron chi connectivity index (χ0n) is 9.86. The normalized spacial score (nSPS) is 13.0. The van der Waals surface area contributed by atoms with Gasteiger partial charge in [-0.2, -0.15) is 0 Å². The lowest BCUT2D eigenvalue weighted by Crippen LogP contribution is -2.06. The standard InChI is InChI=1S/C12H18O4/c1-4-9(5-2)7-10(12(15)16)8(3)6-11(13)14/h6-7,9H,4-5H2,1-3H3,(H,13,14)(H,15,16). The molecular formula is C12H18O4. The fraction of sp³-hybridized carbons (Fsp3) is 0.500. The van der Waals surface area contributed by atoms with Gasteiger partial charge in [0.15, 0.2) is 0 Å². The van der Waals surface area contributed by atoms with Gasteiger partial charge in [0, 0.05) is 6.08 Å². The van der Waals surface area contributed by atoms with Crippen LogP contribution in [0.5, 0.6) is 0 Å². The van der Waals surface area contributed by atoms with Crippen molar-refractivity contribution in [1.29, 1.82) is 0 Å². The number of rotatable bonds is 6. The molecule has 0 unspecified atom stereocenters. The highest BCUT2D eigenvalue weighted by Gasteiger charge is 2.13. The van der Waals surface area contributed by atoms with Crippen molar-refractivity contribution in [2.24, 2.45) is 5.92 Å². The number of aliphatic carboxylic acids is 2. The van der Waals surface area contributed by atoms with E-state index in [0.717, 1.165) is 18.9 Å². The van der Waals surface area contributed by atoms with E-state index in [0.29, 0.717) is 0 Å². The molecule has 2 N–H and O–H groups in total. The topological polar surface area (TPSA) is 74.6 Å². The molecule has 0 saturated carbocycles. The predicted octanol–water partition coefficient (Wildman–Crippen LogP) is 2.46. The van der Waals surface area contributed by atoms with Crippen LogP contribution in [0, 0.1) is 5.92 Å². The zero-order chi connectivity index (χ0) is 12.7. The van der Waals surface area contributed by atoms with Crippen LogP contribution in [-0.4, -0.2) is 22.2 Å². The minimum Gasteiger partial charge on any atom is -0.478 e. The lowest BCUT2D eigenvalue weighted by molar-refractivity contribution is -0.132. The highest BCUT2D eigenvalue weighted by molar-refractivity contribution is 5.94. The van der Waals surface area contributed by atoms with Crippen LogP contribution in [0.1, 0.15) is 33.6 Å². The largest absolute Gasteiger partial charge is 0.478 e. The van der Waals surface area contributed by atoms with Gasteiger partial charge in [-0.05, 0) is 31.3 Å². The molecule has 0 aromatic heterocycles. The molecule has 16 heavy (non-hydrogen) atoms. The Morgan fingerprint density at radius 3 is 2.00 bits per heavy atom. The fourth-order valence-corrected chi connectivity index (χ4v) is 1.39. The second-order valence-corrected chi connectivity index (χ2v) is 3.63. The summed E-state index contributed by atoms with van der Waals surface area (Å²) in [5, 5.41) is 17.6. The first-order valence-corrected chi connectivity index (χ1v) is 5.29. The van der Waals surface area contributed by atoms with Crippen LogP contribution in [0.2, 0.25) is 0 Å². The van der Waals surface area contributed by atoms with Gasteiger partial charge in [-0.25, -0.2) is 9.59 Å². The van der Waals surface area contributed by atoms with E-state index in [1.807, 2.05) is 13.8 Å². The number of hydrogen-bond acceptors (Lipinski definition) is 2. The molecule has 0 aliphatic carbocycles. The maximum Gasteiger partial charge on any atom is 0.335 e. The van der Waals surface area contributed by atoms with Crippen molar-refractivity contribution in [3.05, 3.63) is 23.3 Å². The first kappa shape index (κ1) is 14.4. The molecule has 4 nitrogen and oxygen atoms in total. The summed E-state index contributed by atoms with van der Waals surface area (Å²) in [6.45, 7) is 5.44. The van der Waals surface area contributed by atoms with E-state index in [9.17, 15) is 9.59 Å². The van der Waals surface area contributed by atoms with E-state index < -0.39 is 11.9 Å². The Labute approximate surface area is 95.3 Å². The molecule has 0 aromatic carbocycles. The minimum atomic E-state index is -1.13. The maximum atomic E-state index is 11.0. The lowest BCUT2D eigenvalue weighted by Gasteiger charge is -2.09. The Balaban J connectivity index is 5.15. The molecule has 4 heteroatoms. The first-order chi connectivity index (χ1) is 7.42. The average Bonchev–Trinajstić information content (AvgIpc) is 2.17. The fourth-order valence-electron chi connectivity index (χ4n) is 1.39. The molecule has 90 valence electrons. The van der Waals surface area contributed by atoms with Crippen molar-refractivity contribution in [3.8, 4) is 0 Å². The monoisotopic (exact) mass is 226 g/mol. The van der Waals surface area contributed by atoms with Crippen LogP contribution in [0.4, 0.5) is 0 Å². The van der Waals surface area contributed by atoms with Crippen molar-refractivity contribution in [3.63, 3.8) is 0 Å². The number of carbonyl (C=O) groups is 2. The van der Waals surface area contributed by atoms with Crippen LogP contribution in [0.25, 0.3) is 0 Å². The maximum absolute atomic E-state index is 11.0. The van der Waals surface area contributed by atoms with Crippen molar-refractivity contribution >= 4 is 11.9 Å². The van der Waals surface area contributed by atoms with Crippen LogP contribution in [0.15, 0.2) is 23.3 Å². The molecule has 0 aliphatic rings. The summed E-state index contributed by atoms with van der Waals surface area (Å²) in [7, 11) is 0. The molecule has 0 fully saturated rings. The van der Waals surface area contributed by atoms with Crippen LogP contribution in [0.3, 0.4) is 0 Å². The van der Waals surface area contributed by atoms with Gasteiger partial charge >= 0.3 is 11.9 Å². The van der Waals surface area contributed by atoms with Gasteiger partial charge in [-0.15, -0.1) is 0 Å². The molecule has 0 heterocycles. The van der Waals surface area contributed by atoms with Crippen molar-refractivity contribution in [1.82, 2.24) is 0 Å². The highest BCUT2D eigenvalue weighted by Crippen LogP contribution is 2.17. The van der Waals surface area contributed by atoms with Gasteiger partial charge in [-0.1, -0.05) is 19.9 Å². The van der Waals surface area contributed by atoms with E-state index in [1.165, 1.54) is 6.92 Å². The zero-order valence-corrected chi connectivity index (χ0v) is 9.86. The van der Waals surface area contributed by atoms with Crippen molar-refractivity contribution in [2.75, 3.05) is 0 Å². The Hall–Kier alpha value is -1.58. The minimum absolute atomic E-state index is 0.0797. The van der Waals surface area contributed by atoms with Gasteiger partial charge < -0.3 is 10.2 Å². The van der Waals surface area contributed by atoms with Crippen molar-refractivity contribution < 1.29 is 19.8 Å². The van der Waals surface area contributed by atoms with E-state index in [-0.39, 0.29) is 17.1 Å². The van der Waals surface area contributed by atoms with Crippen LogP contribution >= 0.6 is 0 Å². The summed E-state index contributed by atoms with van der Waals surface area (Å²) in [5.74, 6) is -2.04. The average molecular weight is 226 g/mol. The van der Waals surface area contributed by atoms with Crippen LogP contribution < -0.4 is 0 Å². The number of hydrogen-bond donors (Lipinski definition) is 2. The lowest BCUT2D eigenvalue weighted by atomic mass is 9.96. The van der Waals surface area contributed by atoms with Gasteiger partial charge in [0.2, 0.25) is 0 Å². The molecule has 0 radical (unpaired) electrons. The molecule has 0 amide bonds. The van der Waals surface area contributed by atoms with Gasteiger partial charge in [-0.3, -0.25) is 0 Å². The van der Waals surface area contributed by atoms with Gasteiger partial charge in [0.1, 0.15) is 0 Å². The van der Waals surface area contributed by atoms with Crippen LogP contribution in [-0.2, 0) is 9.59 Å². The van der Waals surface area contributed by atoms with Gasteiger partial charge in [0.25, 0.3) is 0 Å². The molecule has 0 aliphatic heterocycles. The molecule has 0 bridgehead atoms. The molecule has 0 rings (SSSR count). The summed E-state index contributed by atoms with van der Waals surface area (Å²) in [6.07, 6.45) is 4.24. The number of carboxylic acids is 2. The van der Waals surface area contributed by atoms with E-state index in [2.05, 4.69) is 0 Å². The third-order valence-electron chi connectivity index (χ3n) is 2.45. The molecule has 0 saturated heterocycles. The Kier molecular flexibility index (Phi) is 6.15. The Bertz CT molecular complexity index is 322. The Morgan fingerprint density at radius 1 is 1.19 bits per heavy atom.